The summed E-state index contributed by atoms with van der Waals surface area (Å²) in [5.41, 5.74) is 4.30. The number of nitrogens with zero attached hydrogens (tertiary/aromatic N) is 5. The molecule has 0 radical (unpaired) electrons. The Morgan fingerprint density at radius 2 is 1.75 bits per heavy atom. The summed E-state index contributed by atoms with van der Waals surface area (Å²) in [6.07, 6.45) is 7.23. The van der Waals surface area contributed by atoms with Crippen molar-refractivity contribution in [2.75, 3.05) is 39.3 Å². The van der Waals surface area contributed by atoms with Crippen LogP contribution in [0.1, 0.15) is 38.3 Å². The van der Waals surface area contributed by atoms with Crippen LogP contribution in [0.4, 0.5) is 11.4 Å². The molecule has 0 spiro atoms. The lowest BCUT2D eigenvalue weighted by Crippen LogP contribution is -2.38. The molecule has 1 saturated heterocycles. The number of anilines is 2. The molecule has 1 aromatic heterocycles. The van der Waals surface area contributed by atoms with Gasteiger partial charge < -0.3 is 19.8 Å². The van der Waals surface area contributed by atoms with E-state index in [1.807, 2.05) is 24.3 Å². The fourth-order valence-electron chi connectivity index (χ4n) is 4.97. The predicted molar refractivity (Wildman–Crippen MR) is 147 cm³/mol. The van der Waals surface area contributed by atoms with Crippen LogP contribution in [0, 0.1) is 5.41 Å². The molecule has 4 rings (SSSR count). The molecule has 1 aliphatic heterocycles. The molecule has 8 nitrogen and oxygen atoms in total. The van der Waals surface area contributed by atoms with Crippen LogP contribution in [0.15, 0.2) is 47.6 Å². The van der Waals surface area contributed by atoms with E-state index in [1.165, 1.54) is 19.1 Å². The number of aromatic nitrogens is 2. The standard InChI is InChI=1S/C28H36N6O2/c1-19-6-7-20(2)33(19)10-11-34(23-12-24(35-4)15-25(13-23)36-5)22-8-9-26-27(14-22)32-28(18-31-26)21(16-29)17-30-3/h8-9,12-21,29H,6-7,10-11H2,1-5H3/t19-,20-,21?/m0/s1. The predicted octanol–water partition coefficient (Wildman–Crippen LogP) is 5.09. The van der Waals surface area contributed by atoms with Crippen molar-refractivity contribution < 1.29 is 9.47 Å². The average Bonchev–Trinajstić information content (AvgIpc) is 3.23. The maximum atomic E-state index is 7.76. The molecule has 0 bridgehead atoms. The van der Waals surface area contributed by atoms with Gasteiger partial charge in [0.05, 0.1) is 43.1 Å². The van der Waals surface area contributed by atoms with Crippen LogP contribution in [0.5, 0.6) is 11.5 Å². The van der Waals surface area contributed by atoms with Gasteiger partial charge in [0.15, 0.2) is 0 Å². The van der Waals surface area contributed by atoms with E-state index in [1.54, 1.807) is 33.7 Å². The lowest BCUT2D eigenvalue weighted by molar-refractivity contribution is 0.220. The van der Waals surface area contributed by atoms with Crippen molar-refractivity contribution in [2.45, 2.75) is 44.7 Å². The van der Waals surface area contributed by atoms with E-state index in [-0.39, 0.29) is 5.92 Å². The first-order valence-electron chi connectivity index (χ1n) is 12.4. The Hall–Kier alpha value is -3.52. The second-order valence-corrected chi connectivity index (χ2v) is 9.30. The van der Waals surface area contributed by atoms with Gasteiger partial charge in [0, 0.05) is 74.2 Å². The van der Waals surface area contributed by atoms with E-state index in [0.29, 0.717) is 17.8 Å². The number of hydrogen-bond acceptors (Lipinski definition) is 8. The Morgan fingerprint density at radius 1 is 1.06 bits per heavy atom. The topological polar surface area (TPSA) is 86.9 Å². The summed E-state index contributed by atoms with van der Waals surface area (Å²) in [4.78, 5) is 18.4. The number of likely N-dealkylation sites (tertiary alicyclic amines) is 1. The van der Waals surface area contributed by atoms with Gasteiger partial charge in [-0.05, 0) is 44.9 Å². The zero-order chi connectivity index (χ0) is 25.7. The van der Waals surface area contributed by atoms with Gasteiger partial charge in [0.1, 0.15) is 11.5 Å². The molecule has 1 aliphatic rings. The van der Waals surface area contributed by atoms with E-state index in [9.17, 15) is 0 Å². The Kier molecular flexibility index (Phi) is 8.15. The lowest BCUT2D eigenvalue weighted by atomic mass is 10.1. The van der Waals surface area contributed by atoms with Crippen molar-refractivity contribution in [1.82, 2.24) is 14.9 Å². The quantitative estimate of drug-likeness (QED) is 0.400. The maximum absolute atomic E-state index is 7.76. The first kappa shape index (κ1) is 25.6. The summed E-state index contributed by atoms with van der Waals surface area (Å²) < 4.78 is 11.1. The second-order valence-electron chi connectivity index (χ2n) is 9.30. The summed E-state index contributed by atoms with van der Waals surface area (Å²) in [6, 6.07) is 13.3. The highest BCUT2D eigenvalue weighted by molar-refractivity contribution is 5.89. The van der Waals surface area contributed by atoms with Gasteiger partial charge in [-0.15, -0.1) is 0 Å². The molecule has 8 heteroatoms. The molecular formula is C28H36N6O2. The summed E-state index contributed by atoms with van der Waals surface area (Å²) in [5.74, 6) is 1.19. The Bertz CT molecular complexity index is 1200. The first-order valence-corrected chi connectivity index (χ1v) is 12.4. The minimum atomic E-state index is -0.299. The lowest BCUT2D eigenvalue weighted by Gasteiger charge is -2.31. The number of aliphatic imine (C=N–C) groups is 1. The van der Waals surface area contributed by atoms with E-state index in [2.05, 4.69) is 45.8 Å². The van der Waals surface area contributed by atoms with E-state index in [0.717, 1.165) is 47.0 Å². The van der Waals surface area contributed by atoms with Crippen LogP contribution in [0.25, 0.3) is 11.0 Å². The molecule has 3 atom stereocenters. The monoisotopic (exact) mass is 488 g/mol. The Labute approximate surface area is 213 Å². The zero-order valence-electron chi connectivity index (χ0n) is 21.8. The van der Waals surface area contributed by atoms with E-state index >= 15 is 0 Å². The third-order valence-corrected chi connectivity index (χ3v) is 7.05. The summed E-state index contributed by atoms with van der Waals surface area (Å²) >= 11 is 0. The fraction of sp³-hybridized carbons (Fsp3) is 0.429. The average molecular weight is 489 g/mol. The van der Waals surface area contributed by atoms with Gasteiger partial charge in [0.25, 0.3) is 0 Å². The number of rotatable bonds is 10. The van der Waals surface area contributed by atoms with Gasteiger partial charge in [-0.3, -0.25) is 14.9 Å². The molecule has 0 amide bonds. The molecule has 2 aromatic carbocycles. The van der Waals surface area contributed by atoms with Crippen LogP contribution in [0.2, 0.25) is 0 Å². The highest BCUT2D eigenvalue weighted by Gasteiger charge is 2.27. The van der Waals surface area contributed by atoms with Crippen LogP contribution in [0.3, 0.4) is 0 Å². The third-order valence-electron chi connectivity index (χ3n) is 7.05. The van der Waals surface area contributed by atoms with Crippen LogP contribution >= 0.6 is 0 Å². The van der Waals surface area contributed by atoms with Gasteiger partial charge in [-0.2, -0.15) is 0 Å². The fourth-order valence-corrected chi connectivity index (χ4v) is 4.97. The second kappa shape index (κ2) is 11.5. The first-order chi connectivity index (χ1) is 17.5. The maximum Gasteiger partial charge on any atom is 0.124 e. The molecule has 0 saturated carbocycles. The molecular weight excluding hydrogens is 452 g/mol. The minimum absolute atomic E-state index is 0.299. The number of methoxy groups -OCH3 is 2. The summed E-state index contributed by atoms with van der Waals surface area (Å²) in [5, 5.41) is 7.76. The van der Waals surface area contributed by atoms with Crippen molar-refractivity contribution in [3.05, 3.63) is 48.3 Å². The Morgan fingerprint density at radius 3 is 2.36 bits per heavy atom. The number of hydrogen-bond donors (Lipinski definition) is 1. The van der Waals surface area contributed by atoms with E-state index < -0.39 is 0 Å². The smallest absolute Gasteiger partial charge is 0.124 e. The molecule has 1 fully saturated rings. The zero-order valence-corrected chi connectivity index (χ0v) is 21.8. The Balaban J connectivity index is 1.76. The summed E-state index contributed by atoms with van der Waals surface area (Å²) in [7, 11) is 5.04. The molecule has 0 aliphatic carbocycles. The van der Waals surface area contributed by atoms with Crippen LogP contribution in [-0.4, -0.2) is 73.7 Å². The molecule has 3 aromatic rings. The van der Waals surface area contributed by atoms with Gasteiger partial charge in [-0.25, -0.2) is 4.98 Å². The van der Waals surface area contributed by atoms with Crippen molar-refractivity contribution in [2.24, 2.45) is 4.99 Å². The SMILES string of the molecule is CN=CC(C=N)c1cnc2ccc(N(CCN3[C@@H](C)CC[C@@H]3C)c3cc(OC)cc(OC)c3)cc2n1. The van der Waals surface area contributed by atoms with Gasteiger partial charge in [-0.1, -0.05) is 0 Å². The van der Waals surface area contributed by atoms with Gasteiger partial charge in [0.2, 0.25) is 0 Å². The van der Waals surface area contributed by atoms with E-state index in [4.69, 9.17) is 19.9 Å². The minimum Gasteiger partial charge on any atom is -0.497 e. The third kappa shape index (κ3) is 5.49. The van der Waals surface area contributed by atoms with Crippen molar-refractivity contribution in [1.29, 1.82) is 5.41 Å². The molecule has 1 unspecified atom stereocenters. The highest BCUT2D eigenvalue weighted by Crippen LogP contribution is 2.34. The number of ether oxygens (including phenoxy) is 2. The van der Waals surface area contributed by atoms with Crippen LogP contribution < -0.4 is 14.4 Å². The highest BCUT2D eigenvalue weighted by atomic mass is 16.5. The summed E-state index contributed by atoms with van der Waals surface area (Å²) in [6.45, 7) is 6.37. The number of benzene rings is 2. The van der Waals surface area contributed by atoms with Crippen molar-refractivity contribution >= 4 is 34.8 Å². The normalized spacial score (nSPS) is 19.0. The van der Waals surface area contributed by atoms with Crippen LogP contribution in [-0.2, 0) is 0 Å². The largest absolute Gasteiger partial charge is 0.497 e. The number of nitrogens with one attached hydrogen (secondary N) is 1. The molecule has 36 heavy (non-hydrogen) atoms. The van der Waals surface area contributed by atoms with Crippen molar-refractivity contribution in [3.8, 4) is 11.5 Å². The van der Waals surface area contributed by atoms with Crippen molar-refractivity contribution in [3.63, 3.8) is 0 Å². The molecule has 2 heterocycles. The molecule has 190 valence electrons. The number of fused-ring (bicyclic) bond motifs is 1. The van der Waals surface area contributed by atoms with Gasteiger partial charge >= 0.3 is 0 Å². The molecule has 1 N–H and O–H groups in total.